The van der Waals surface area contributed by atoms with Crippen LogP contribution in [0.5, 0.6) is 0 Å². The first kappa shape index (κ1) is 12.7. The van der Waals surface area contributed by atoms with Crippen molar-refractivity contribution in [3.8, 4) is 0 Å². The molecule has 0 saturated carbocycles. The summed E-state index contributed by atoms with van der Waals surface area (Å²) in [4.78, 5) is 3.09. The Kier molecular flexibility index (Phi) is 4.40. The first-order valence-corrected chi connectivity index (χ1v) is 6.74. The molecule has 1 heterocycles. The van der Waals surface area contributed by atoms with Crippen LogP contribution in [-0.2, 0) is 12.8 Å². The highest BCUT2D eigenvalue weighted by atomic mass is 14.7. The van der Waals surface area contributed by atoms with E-state index in [1.165, 1.54) is 22.4 Å². The maximum atomic E-state index is 3.09. The SMILES string of the molecule is CCC1=CCc2ccccc21.CCc1ccc[nH]1. The minimum atomic E-state index is 1.10. The summed E-state index contributed by atoms with van der Waals surface area (Å²) < 4.78 is 0. The fraction of sp³-hybridized carbons (Fsp3) is 0.294. The molecule has 0 amide bonds. The molecule has 0 fully saturated rings. The first-order valence-electron chi connectivity index (χ1n) is 6.74. The van der Waals surface area contributed by atoms with Crippen LogP contribution in [0.25, 0.3) is 5.57 Å². The smallest absolute Gasteiger partial charge is 0.0144 e. The first-order chi connectivity index (χ1) is 8.85. The molecule has 0 unspecified atom stereocenters. The monoisotopic (exact) mass is 239 g/mol. The number of allylic oxidation sites excluding steroid dienone is 2. The number of fused-ring (bicyclic) bond motifs is 1. The zero-order chi connectivity index (χ0) is 12.8. The Hall–Kier alpha value is -1.76. The average Bonchev–Trinajstić information content (AvgIpc) is 3.08. The van der Waals surface area contributed by atoms with Crippen molar-refractivity contribution in [1.29, 1.82) is 0 Å². The van der Waals surface area contributed by atoms with Crippen LogP contribution in [0.1, 0.15) is 37.1 Å². The van der Waals surface area contributed by atoms with Crippen molar-refractivity contribution in [2.75, 3.05) is 0 Å². The summed E-state index contributed by atoms with van der Waals surface area (Å²) in [6.07, 6.45) is 7.69. The quantitative estimate of drug-likeness (QED) is 0.787. The van der Waals surface area contributed by atoms with Crippen LogP contribution in [0.2, 0.25) is 0 Å². The van der Waals surface area contributed by atoms with Crippen LogP contribution < -0.4 is 0 Å². The van der Waals surface area contributed by atoms with Gasteiger partial charge in [-0.15, -0.1) is 0 Å². The van der Waals surface area contributed by atoms with Gasteiger partial charge in [0.2, 0.25) is 0 Å². The number of benzene rings is 1. The van der Waals surface area contributed by atoms with Crippen LogP contribution in [-0.4, -0.2) is 4.98 Å². The number of hydrogen-bond donors (Lipinski definition) is 1. The third kappa shape index (κ3) is 2.92. The molecule has 1 heteroatoms. The van der Waals surface area contributed by atoms with Gasteiger partial charge in [0.25, 0.3) is 0 Å². The molecule has 0 atom stereocenters. The molecule has 0 bridgehead atoms. The number of aromatic amines is 1. The van der Waals surface area contributed by atoms with Gasteiger partial charge < -0.3 is 4.98 Å². The van der Waals surface area contributed by atoms with Crippen molar-refractivity contribution in [2.45, 2.75) is 33.1 Å². The molecule has 1 nitrogen and oxygen atoms in total. The van der Waals surface area contributed by atoms with Crippen molar-refractivity contribution < 1.29 is 0 Å². The Morgan fingerprint density at radius 2 is 1.83 bits per heavy atom. The van der Waals surface area contributed by atoms with Gasteiger partial charge in [-0.2, -0.15) is 0 Å². The lowest BCUT2D eigenvalue weighted by Crippen LogP contribution is -1.81. The van der Waals surface area contributed by atoms with E-state index in [0.29, 0.717) is 0 Å². The predicted molar refractivity (Wildman–Crippen MR) is 78.6 cm³/mol. The van der Waals surface area contributed by atoms with Crippen molar-refractivity contribution in [1.82, 2.24) is 4.98 Å². The fourth-order valence-corrected chi connectivity index (χ4v) is 2.28. The van der Waals surface area contributed by atoms with Crippen LogP contribution in [0, 0.1) is 0 Å². The van der Waals surface area contributed by atoms with E-state index in [1.807, 2.05) is 12.3 Å². The molecule has 1 aliphatic rings. The second-order valence-electron chi connectivity index (χ2n) is 4.49. The number of hydrogen-bond acceptors (Lipinski definition) is 0. The second-order valence-corrected chi connectivity index (χ2v) is 4.49. The highest BCUT2D eigenvalue weighted by Gasteiger charge is 2.09. The molecule has 0 saturated heterocycles. The average molecular weight is 239 g/mol. The molecule has 0 spiro atoms. The van der Waals surface area contributed by atoms with E-state index in [4.69, 9.17) is 0 Å². The van der Waals surface area contributed by atoms with E-state index in [-0.39, 0.29) is 0 Å². The lowest BCUT2D eigenvalue weighted by atomic mass is 10.0. The largest absolute Gasteiger partial charge is 0.365 e. The highest BCUT2D eigenvalue weighted by molar-refractivity contribution is 5.72. The van der Waals surface area contributed by atoms with Crippen LogP contribution in [0.4, 0.5) is 0 Å². The number of nitrogens with one attached hydrogen (secondary N) is 1. The third-order valence-electron chi connectivity index (χ3n) is 3.36. The minimum absolute atomic E-state index is 1.10. The van der Waals surface area contributed by atoms with Crippen molar-refractivity contribution in [3.05, 3.63) is 65.5 Å². The van der Waals surface area contributed by atoms with Gasteiger partial charge >= 0.3 is 0 Å². The Morgan fingerprint density at radius 3 is 2.44 bits per heavy atom. The topological polar surface area (TPSA) is 15.8 Å². The molecule has 0 radical (unpaired) electrons. The van der Waals surface area contributed by atoms with Gasteiger partial charge in [0.15, 0.2) is 0 Å². The summed E-state index contributed by atoms with van der Waals surface area (Å²) in [5, 5.41) is 0. The van der Waals surface area contributed by atoms with Crippen molar-refractivity contribution >= 4 is 5.57 Å². The second kappa shape index (κ2) is 6.25. The Balaban J connectivity index is 0.000000149. The molecule has 1 aromatic heterocycles. The molecule has 0 aliphatic heterocycles. The van der Waals surface area contributed by atoms with Gasteiger partial charge in [0.1, 0.15) is 0 Å². The molecule has 1 N–H and O–H groups in total. The fourth-order valence-electron chi connectivity index (χ4n) is 2.28. The Bertz CT molecular complexity index is 506. The van der Waals surface area contributed by atoms with Gasteiger partial charge in [-0.05, 0) is 48.1 Å². The number of rotatable bonds is 2. The normalized spacial score (nSPS) is 12.4. The summed E-state index contributed by atoms with van der Waals surface area (Å²) in [5.41, 5.74) is 5.78. The van der Waals surface area contributed by atoms with Gasteiger partial charge in [-0.3, -0.25) is 0 Å². The highest BCUT2D eigenvalue weighted by Crippen LogP contribution is 2.28. The number of aryl methyl sites for hydroxylation is 1. The molecular weight excluding hydrogens is 218 g/mol. The van der Waals surface area contributed by atoms with E-state index >= 15 is 0 Å². The van der Waals surface area contributed by atoms with Crippen molar-refractivity contribution in [2.24, 2.45) is 0 Å². The van der Waals surface area contributed by atoms with E-state index in [1.54, 1.807) is 0 Å². The summed E-state index contributed by atoms with van der Waals surface area (Å²) in [7, 11) is 0. The maximum Gasteiger partial charge on any atom is 0.0144 e. The summed E-state index contributed by atoms with van der Waals surface area (Å²) in [6, 6.07) is 12.8. The summed E-state index contributed by atoms with van der Waals surface area (Å²) in [6.45, 7) is 4.35. The maximum absolute atomic E-state index is 3.09. The van der Waals surface area contributed by atoms with Crippen LogP contribution >= 0.6 is 0 Å². The van der Waals surface area contributed by atoms with Crippen LogP contribution in [0.3, 0.4) is 0 Å². The lowest BCUT2D eigenvalue weighted by Gasteiger charge is -2.00. The Labute approximate surface area is 110 Å². The zero-order valence-electron chi connectivity index (χ0n) is 11.2. The van der Waals surface area contributed by atoms with E-state index in [0.717, 1.165) is 19.3 Å². The number of aromatic nitrogens is 1. The molecule has 3 rings (SSSR count). The molecule has 18 heavy (non-hydrogen) atoms. The Morgan fingerprint density at radius 1 is 1.00 bits per heavy atom. The minimum Gasteiger partial charge on any atom is -0.365 e. The van der Waals surface area contributed by atoms with E-state index in [9.17, 15) is 0 Å². The van der Waals surface area contributed by atoms with E-state index < -0.39 is 0 Å². The van der Waals surface area contributed by atoms with Gasteiger partial charge in [0, 0.05) is 11.9 Å². The lowest BCUT2D eigenvalue weighted by molar-refractivity contribution is 1.06. The molecule has 1 aliphatic carbocycles. The van der Waals surface area contributed by atoms with Gasteiger partial charge in [-0.25, -0.2) is 0 Å². The molecule has 94 valence electrons. The molecule has 1 aromatic carbocycles. The van der Waals surface area contributed by atoms with Gasteiger partial charge in [-0.1, -0.05) is 44.2 Å². The van der Waals surface area contributed by atoms with Crippen LogP contribution in [0.15, 0.2) is 48.7 Å². The third-order valence-corrected chi connectivity index (χ3v) is 3.36. The molecule has 2 aromatic rings. The number of H-pyrrole nitrogens is 1. The summed E-state index contributed by atoms with van der Waals surface area (Å²) >= 11 is 0. The van der Waals surface area contributed by atoms with Gasteiger partial charge in [0.05, 0.1) is 0 Å². The zero-order valence-corrected chi connectivity index (χ0v) is 11.2. The van der Waals surface area contributed by atoms with E-state index in [2.05, 4.69) is 55.2 Å². The molecular formula is C17H21N. The standard InChI is InChI=1S/C11H12.C6H9N/c1-2-9-7-8-10-5-3-4-6-11(9)10;1-2-6-4-3-5-7-6/h3-7H,2,8H2,1H3;3-5,7H,2H2,1H3. The van der Waals surface area contributed by atoms with Crippen molar-refractivity contribution in [3.63, 3.8) is 0 Å². The predicted octanol–water partition coefficient (Wildman–Crippen LogP) is 4.61. The summed E-state index contributed by atoms with van der Waals surface area (Å²) in [5.74, 6) is 0.